The molecule has 3 fully saturated rings. The molecule has 0 radical (unpaired) electrons. The van der Waals surface area contributed by atoms with E-state index in [1.807, 2.05) is 6.07 Å². The first-order chi connectivity index (χ1) is 19.8. The van der Waals surface area contributed by atoms with Crippen molar-refractivity contribution in [2.24, 2.45) is 5.41 Å². The quantitative estimate of drug-likeness (QED) is 0.324. The van der Waals surface area contributed by atoms with Crippen LogP contribution in [0.4, 0.5) is 10.1 Å². The second-order valence-corrected chi connectivity index (χ2v) is 14.5. The molecular weight excluding hydrogens is 580 g/mol. The molecular formula is C32H38Cl2FN3O4. The molecule has 4 aliphatic rings. The summed E-state index contributed by atoms with van der Waals surface area (Å²) in [5.41, 5.74) is -1.74. The predicted octanol–water partition coefficient (Wildman–Crippen LogP) is 5.20. The fourth-order valence-corrected chi connectivity index (χ4v) is 8.52. The summed E-state index contributed by atoms with van der Waals surface area (Å²) < 4.78 is 16.1. The normalized spacial score (nSPS) is 33.0. The molecule has 0 aromatic heterocycles. The Balaban J connectivity index is 1.50. The van der Waals surface area contributed by atoms with Gasteiger partial charge in [0.25, 0.3) is 0 Å². The van der Waals surface area contributed by atoms with Crippen LogP contribution in [0.25, 0.3) is 0 Å². The van der Waals surface area contributed by atoms with Gasteiger partial charge in [0.1, 0.15) is 11.2 Å². The van der Waals surface area contributed by atoms with Crippen LogP contribution in [0.2, 0.25) is 10.0 Å². The molecule has 5 N–H and O–H groups in total. The second kappa shape index (κ2) is 10.4. The van der Waals surface area contributed by atoms with Crippen LogP contribution < -0.4 is 16.0 Å². The van der Waals surface area contributed by atoms with Gasteiger partial charge in [-0.15, -0.1) is 0 Å². The number of benzene rings is 2. The van der Waals surface area contributed by atoms with Crippen molar-refractivity contribution in [3.63, 3.8) is 0 Å². The van der Waals surface area contributed by atoms with Crippen molar-refractivity contribution < 1.29 is 24.2 Å². The molecule has 3 atom stereocenters. The first kappa shape index (κ1) is 29.8. The van der Waals surface area contributed by atoms with Crippen molar-refractivity contribution in [1.82, 2.24) is 10.6 Å². The smallest absolute Gasteiger partial charge is 0.238 e. The van der Waals surface area contributed by atoms with Crippen LogP contribution in [0, 0.1) is 11.2 Å². The van der Waals surface area contributed by atoms with E-state index in [1.54, 1.807) is 24.3 Å². The number of hydrogen-bond donors (Lipinski definition) is 5. The lowest BCUT2D eigenvalue weighted by Gasteiger charge is -2.50. The number of carbonyl (C=O) groups excluding carboxylic acids is 2. The van der Waals surface area contributed by atoms with Crippen LogP contribution >= 0.6 is 23.2 Å². The first-order valence-corrected chi connectivity index (χ1v) is 15.6. The van der Waals surface area contributed by atoms with Crippen molar-refractivity contribution in [1.29, 1.82) is 0 Å². The van der Waals surface area contributed by atoms with E-state index in [9.17, 15) is 19.8 Å². The van der Waals surface area contributed by atoms with Gasteiger partial charge in [0.15, 0.2) is 0 Å². The Kier molecular flexibility index (Phi) is 7.42. The van der Waals surface area contributed by atoms with E-state index in [1.165, 1.54) is 6.07 Å². The fraction of sp³-hybridized carbons (Fsp3) is 0.562. The Morgan fingerprint density at radius 1 is 1.07 bits per heavy atom. The van der Waals surface area contributed by atoms with Gasteiger partial charge in [-0.25, -0.2) is 4.39 Å². The van der Waals surface area contributed by atoms with Gasteiger partial charge in [-0.05, 0) is 86.1 Å². The van der Waals surface area contributed by atoms with Gasteiger partial charge in [-0.2, -0.15) is 0 Å². The van der Waals surface area contributed by atoms with Gasteiger partial charge >= 0.3 is 0 Å². The molecule has 42 heavy (non-hydrogen) atoms. The van der Waals surface area contributed by atoms with Crippen LogP contribution in [0.1, 0.15) is 82.3 Å². The minimum absolute atomic E-state index is 0.0504. The Hall–Kier alpha value is -2.23. The summed E-state index contributed by atoms with van der Waals surface area (Å²) in [6, 6.07) is 8.89. The average molecular weight is 619 g/mol. The Labute approximate surface area is 255 Å². The molecule has 2 amide bonds. The van der Waals surface area contributed by atoms with Gasteiger partial charge in [-0.1, -0.05) is 55.2 Å². The van der Waals surface area contributed by atoms with E-state index in [0.717, 1.165) is 12.8 Å². The number of anilines is 1. The van der Waals surface area contributed by atoms with Gasteiger partial charge in [0.05, 0.1) is 23.3 Å². The third kappa shape index (κ3) is 4.56. The SMILES string of the molecule is CC1(C)CCC2(CC1)N[C@@H](C(=O)N[C@H]1CC[C@@](O)(CO)CC1)[C@H](c1cccc(Cl)c1F)[C@]21C(=O)Nc2cc(Cl)ccc21. The maximum atomic E-state index is 16.1. The monoisotopic (exact) mass is 617 g/mol. The molecule has 1 saturated heterocycles. The summed E-state index contributed by atoms with van der Waals surface area (Å²) >= 11 is 12.7. The van der Waals surface area contributed by atoms with Crippen molar-refractivity contribution in [2.75, 3.05) is 11.9 Å². The second-order valence-electron chi connectivity index (χ2n) is 13.6. The number of fused-ring (bicyclic) bond motifs is 3. The van der Waals surface area contributed by atoms with Crippen LogP contribution in [-0.4, -0.2) is 51.9 Å². The third-order valence-corrected chi connectivity index (χ3v) is 11.1. The highest BCUT2D eigenvalue weighted by molar-refractivity contribution is 6.31. The number of amides is 2. The molecule has 10 heteroatoms. The number of aliphatic hydroxyl groups is 2. The summed E-state index contributed by atoms with van der Waals surface area (Å²) in [4.78, 5) is 28.8. The van der Waals surface area contributed by atoms with E-state index in [4.69, 9.17) is 23.2 Å². The van der Waals surface area contributed by atoms with Crippen molar-refractivity contribution in [3.8, 4) is 0 Å². The lowest BCUT2D eigenvalue weighted by atomic mass is 9.53. The summed E-state index contributed by atoms with van der Waals surface area (Å²) in [5.74, 6) is -2.15. The lowest BCUT2D eigenvalue weighted by molar-refractivity contribution is -0.125. The fourth-order valence-electron chi connectivity index (χ4n) is 8.16. The number of nitrogens with one attached hydrogen (secondary N) is 3. The summed E-state index contributed by atoms with van der Waals surface area (Å²) in [5, 5.41) is 30.3. The molecule has 7 nitrogen and oxygen atoms in total. The Morgan fingerprint density at radius 3 is 2.43 bits per heavy atom. The van der Waals surface area contributed by atoms with Crippen LogP contribution in [-0.2, 0) is 15.0 Å². The van der Waals surface area contributed by atoms with Gasteiger partial charge in [0, 0.05) is 28.2 Å². The Morgan fingerprint density at radius 2 is 1.76 bits per heavy atom. The molecule has 2 aromatic carbocycles. The number of carbonyl (C=O) groups is 2. The topological polar surface area (TPSA) is 111 Å². The molecule has 0 bridgehead atoms. The third-order valence-electron chi connectivity index (χ3n) is 10.6. The molecule has 2 saturated carbocycles. The molecule has 226 valence electrons. The van der Waals surface area contributed by atoms with E-state index in [2.05, 4.69) is 29.8 Å². The highest BCUT2D eigenvalue weighted by Crippen LogP contribution is 2.64. The van der Waals surface area contributed by atoms with Crippen LogP contribution in [0.15, 0.2) is 36.4 Å². The van der Waals surface area contributed by atoms with E-state index >= 15 is 4.39 Å². The molecule has 2 heterocycles. The summed E-state index contributed by atoms with van der Waals surface area (Å²) in [7, 11) is 0. The largest absolute Gasteiger partial charge is 0.393 e. The number of hydrogen-bond acceptors (Lipinski definition) is 5. The van der Waals surface area contributed by atoms with E-state index in [-0.39, 0.29) is 40.5 Å². The summed E-state index contributed by atoms with van der Waals surface area (Å²) in [6.07, 6.45) is 4.58. The molecule has 2 aliphatic carbocycles. The zero-order valence-corrected chi connectivity index (χ0v) is 25.4. The summed E-state index contributed by atoms with van der Waals surface area (Å²) in [6.45, 7) is 4.09. The molecule has 2 aromatic rings. The van der Waals surface area contributed by atoms with Gasteiger partial charge in [-0.3, -0.25) is 14.9 Å². The zero-order chi connectivity index (χ0) is 30.1. The Bertz CT molecular complexity index is 1420. The average Bonchev–Trinajstić information content (AvgIpc) is 3.41. The maximum absolute atomic E-state index is 16.1. The lowest BCUT2D eigenvalue weighted by Crippen LogP contribution is -2.61. The van der Waals surface area contributed by atoms with Crippen molar-refractivity contribution in [3.05, 3.63) is 63.4 Å². The molecule has 6 rings (SSSR count). The first-order valence-electron chi connectivity index (χ1n) is 14.8. The minimum Gasteiger partial charge on any atom is -0.393 e. The highest BCUT2D eigenvalue weighted by atomic mass is 35.5. The van der Waals surface area contributed by atoms with Crippen molar-refractivity contribution in [2.45, 2.75) is 99.8 Å². The van der Waals surface area contributed by atoms with E-state index in [0.29, 0.717) is 54.8 Å². The number of halogens is 3. The van der Waals surface area contributed by atoms with Crippen LogP contribution in [0.3, 0.4) is 0 Å². The van der Waals surface area contributed by atoms with Gasteiger partial charge < -0.3 is 20.8 Å². The minimum atomic E-state index is -1.30. The maximum Gasteiger partial charge on any atom is 0.238 e. The zero-order valence-electron chi connectivity index (χ0n) is 23.9. The molecule has 2 spiro atoms. The van der Waals surface area contributed by atoms with E-state index < -0.39 is 34.3 Å². The number of rotatable bonds is 4. The predicted molar refractivity (Wildman–Crippen MR) is 160 cm³/mol. The van der Waals surface area contributed by atoms with Crippen LogP contribution in [0.5, 0.6) is 0 Å². The highest BCUT2D eigenvalue weighted by Gasteiger charge is 2.73. The van der Waals surface area contributed by atoms with Crippen molar-refractivity contribution >= 4 is 40.7 Å². The molecule has 0 unspecified atom stereocenters. The number of aliphatic hydroxyl groups excluding tert-OH is 1. The standard InChI is InChI=1S/C32H38Cl2FN3O4/c1-29(2)12-14-31(15-13-29)32(21-7-6-18(33)16-23(21)37-28(32)41)24(20-4-3-5-22(34)25(20)35)26(38-31)27(40)36-19-8-10-30(42,17-39)11-9-19/h3-7,16,19,24,26,38-39,42H,8-15,17H2,1-2H3,(H,36,40)(H,37,41)/t19-,24-,26+,30-,32+/m0/s1. The molecule has 2 aliphatic heterocycles. The van der Waals surface area contributed by atoms with Gasteiger partial charge in [0.2, 0.25) is 11.8 Å².